The Morgan fingerprint density at radius 2 is 2.33 bits per heavy atom. The van der Waals surface area contributed by atoms with Crippen molar-refractivity contribution in [3.05, 3.63) is 29.2 Å². The molecule has 0 unspecified atom stereocenters. The maximum atomic E-state index is 10.9. The van der Waals surface area contributed by atoms with Gasteiger partial charge in [-0.3, -0.25) is 0 Å². The Morgan fingerprint density at radius 1 is 1.58 bits per heavy atom. The number of ether oxygens (including phenoxy) is 1. The third kappa shape index (κ3) is 2.12. The lowest BCUT2D eigenvalue weighted by atomic mass is 10.3. The summed E-state index contributed by atoms with van der Waals surface area (Å²) in [7, 11) is 0. The van der Waals surface area contributed by atoms with Crippen LogP contribution in [0.4, 0.5) is 0 Å². The Morgan fingerprint density at radius 3 is 2.92 bits per heavy atom. The molecule has 0 bridgehead atoms. The molecule has 3 heteroatoms. The number of aryl methyl sites for hydroxylation is 1. The van der Waals surface area contributed by atoms with Crippen molar-refractivity contribution in [2.45, 2.75) is 20.3 Å². The molecule has 0 radical (unpaired) electrons. The highest BCUT2D eigenvalue weighted by atomic mass is 16.5. The predicted molar refractivity (Wildman–Crippen MR) is 45.9 cm³/mol. The van der Waals surface area contributed by atoms with Crippen molar-refractivity contribution in [1.29, 1.82) is 0 Å². The molecule has 0 aromatic carbocycles. The minimum atomic E-state index is 0.656. The summed E-state index contributed by atoms with van der Waals surface area (Å²) in [5.41, 5.74) is 0.656. The summed E-state index contributed by atoms with van der Waals surface area (Å²) in [6.45, 7) is 4.50. The van der Waals surface area contributed by atoms with Gasteiger partial charge in [0.2, 0.25) is 0 Å². The van der Waals surface area contributed by atoms with Crippen LogP contribution in [0.25, 0.3) is 0 Å². The summed E-state index contributed by atoms with van der Waals surface area (Å²) in [6, 6.07) is 3.42. The zero-order valence-corrected chi connectivity index (χ0v) is 7.41. The SMILES string of the molecule is CCCOc1cc[n+]([O-])c(C)c1. The number of hydrogen-bond acceptors (Lipinski definition) is 2. The van der Waals surface area contributed by atoms with Gasteiger partial charge in [0, 0.05) is 19.1 Å². The van der Waals surface area contributed by atoms with E-state index in [4.69, 9.17) is 4.74 Å². The first-order valence-corrected chi connectivity index (χ1v) is 4.06. The van der Waals surface area contributed by atoms with Crippen molar-refractivity contribution in [3.8, 4) is 5.75 Å². The zero-order chi connectivity index (χ0) is 8.97. The van der Waals surface area contributed by atoms with E-state index in [0.29, 0.717) is 12.3 Å². The van der Waals surface area contributed by atoms with Crippen LogP contribution in [-0.2, 0) is 0 Å². The molecule has 0 aliphatic carbocycles. The Labute approximate surface area is 72.2 Å². The molecule has 0 aliphatic rings. The second-order valence-electron chi connectivity index (χ2n) is 2.68. The quantitative estimate of drug-likeness (QED) is 0.504. The molecule has 0 atom stereocenters. The maximum absolute atomic E-state index is 10.9. The topological polar surface area (TPSA) is 36.2 Å². The first kappa shape index (κ1) is 8.84. The molecule has 0 fully saturated rings. The van der Waals surface area contributed by atoms with Crippen LogP contribution in [0.5, 0.6) is 5.75 Å². The first-order chi connectivity index (χ1) is 5.74. The van der Waals surface area contributed by atoms with Gasteiger partial charge < -0.3 is 9.94 Å². The van der Waals surface area contributed by atoms with Crippen LogP contribution >= 0.6 is 0 Å². The van der Waals surface area contributed by atoms with Crippen LogP contribution in [-0.4, -0.2) is 6.61 Å². The minimum Gasteiger partial charge on any atom is -0.619 e. The lowest BCUT2D eigenvalue weighted by Gasteiger charge is -2.05. The Kier molecular flexibility index (Phi) is 2.91. The third-order valence-corrected chi connectivity index (χ3v) is 1.55. The molecular weight excluding hydrogens is 154 g/mol. The number of nitrogens with zero attached hydrogens (tertiary/aromatic N) is 1. The average Bonchev–Trinajstić information content (AvgIpc) is 2.07. The van der Waals surface area contributed by atoms with Crippen molar-refractivity contribution in [2.75, 3.05) is 6.61 Å². The highest BCUT2D eigenvalue weighted by molar-refractivity contribution is 5.18. The van der Waals surface area contributed by atoms with Crippen molar-refractivity contribution in [1.82, 2.24) is 0 Å². The normalized spacial score (nSPS) is 9.83. The van der Waals surface area contributed by atoms with Crippen LogP contribution in [0.3, 0.4) is 0 Å². The monoisotopic (exact) mass is 167 g/mol. The average molecular weight is 167 g/mol. The molecule has 0 saturated carbocycles. The van der Waals surface area contributed by atoms with Gasteiger partial charge in [-0.2, -0.15) is 4.73 Å². The van der Waals surface area contributed by atoms with Crippen LogP contribution < -0.4 is 9.47 Å². The highest BCUT2D eigenvalue weighted by Gasteiger charge is 2.00. The summed E-state index contributed by atoms with van der Waals surface area (Å²) in [5.74, 6) is 0.765. The van der Waals surface area contributed by atoms with E-state index < -0.39 is 0 Å². The zero-order valence-electron chi connectivity index (χ0n) is 7.41. The van der Waals surface area contributed by atoms with Crippen molar-refractivity contribution < 1.29 is 9.47 Å². The highest BCUT2D eigenvalue weighted by Crippen LogP contribution is 2.08. The van der Waals surface area contributed by atoms with Gasteiger partial charge in [0.25, 0.3) is 0 Å². The van der Waals surface area contributed by atoms with Crippen molar-refractivity contribution in [3.63, 3.8) is 0 Å². The summed E-state index contributed by atoms with van der Waals surface area (Å²) in [6.07, 6.45) is 2.44. The van der Waals surface area contributed by atoms with Crippen molar-refractivity contribution >= 4 is 0 Å². The van der Waals surface area contributed by atoms with E-state index in [2.05, 4.69) is 0 Å². The molecule has 0 N–H and O–H groups in total. The Hall–Kier alpha value is -1.25. The molecule has 66 valence electrons. The van der Waals surface area contributed by atoms with Gasteiger partial charge in [-0.05, 0) is 6.42 Å². The van der Waals surface area contributed by atoms with E-state index in [1.54, 1.807) is 19.1 Å². The number of hydrogen-bond donors (Lipinski definition) is 0. The summed E-state index contributed by atoms with van der Waals surface area (Å²) < 4.78 is 6.16. The lowest BCUT2D eigenvalue weighted by Crippen LogP contribution is -2.28. The molecule has 0 saturated heterocycles. The van der Waals surface area contributed by atoms with E-state index in [-0.39, 0.29) is 0 Å². The third-order valence-electron chi connectivity index (χ3n) is 1.55. The van der Waals surface area contributed by atoms with E-state index >= 15 is 0 Å². The second-order valence-corrected chi connectivity index (χ2v) is 2.68. The fourth-order valence-corrected chi connectivity index (χ4v) is 0.886. The minimum absolute atomic E-state index is 0.656. The molecule has 12 heavy (non-hydrogen) atoms. The van der Waals surface area contributed by atoms with E-state index in [1.807, 2.05) is 6.92 Å². The van der Waals surface area contributed by atoms with Crippen molar-refractivity contribution in [2.24, 2.45) is 0 Å². The second kappa shape index (κ2) is 3.95. The lowest BCUT2D eigenvalue weighted by molar-refractivity contribution is -0.612. The molecule has 1 heterocycles. The van der Waals surface area contributed by atoms with E-state index in [1.165, 1.54) is 6.20 Å². The van der Waals surface area contributed by atoms with Gasteiger partial charge in [0.1, 0.15) is 5.75 Å². The van der Waals surface area contributed by atoms with Crippen LogP contribution in [0.2, 0.25) is 0 Å². The molecular formula is C9H13NO2. The first-order valence-electron chi connectivity index (χ1n) is 4.06. The number of pyridine rings is 1. The van der Waals surface area contributed by atoms with Gasteiger partial charge in [-0.1, -0.05) is 6.92 Å². The number of rotatable bonds is 3. The predicted octanol–water partition coefficient (Wildman–Crippen LogP) is 1.42. The van der Waals surface area contributed by atoms with Gasteiger partial charge in [0.15, 0.2) is 11.9 Å². The maximum Gasteiger partial charge on any atom is 0.193 e. The van der Waals surface area contributed by atoms with Gasteiger partial charge in [-0.25, -0.2) is 0 Å². The molecule has 0 amide bonds. The van der Waals surface area contributed by atoms with Gasteiger partial charge in [0.05, 0.1) is 6.61 Å². The summed E-state index contributed by atoms with van der Waals surface area (Å²) in [5, 5.41) is 10.9. The van der Waals surface area contributed by atoms with Gasteiger partial charge in [-0.15, -0.1) is 0 Å². The number of aromatic nitrogens is 1. The smallest absolute Gasteiger partial charge is 0.193 e. The summed E-state index contributed by atoms with van der Waals surface area (Å²) >= 11 is 0. The standard InChI is InChI=1S/C9H13NO2/c1-3-6-12-9-4-5-10(11)8(2)7-9/h4-5,7H,3,6H2,1-2H3. The van der Waals surface area contributed by atoms with Crippen LogP contribution in [0.1, 0.15) is 19.0 Å². The fraction of sp³-hybridized carbons (Fsp3) is 0.444. The largest absolute Gasteiger partial charge is 0.619 e. The molecule has 1 aromatic heterocycles. The Balaban J connectivity index is 2.69. The molecule has 1 rings (SSSR count). The van der Waals surface area contributed by atoms with Crippen LogP contribution in [0, 0.1) is 12.1 Å². The van der Waals surface area contributed by atoms with E-state index in [9.17, 15) is 5.21 Å². The van der Waals surface area contributed by atoms with Gasteiger partial charge >= 0.3 is 0 Å². The summed E-state index contributed by atoms with van der Waals surface area (Å²) in [4.78, 5) is 0. The van der Waals surface area contributed by atoms with Crippen LogP contribution in [0.15, 0.2) is 18.3 Å². The molecule has 0 aliphatic heterocycles. The van der Waals surface area contributed by atoms with E-state index in [0.717, 1.165) is 16.9 Å². The Bertz CT molecular complexity index is 261. The molecule has 1 aromatic rings. The molecule has 0 spiro atoms. The molecule has 3 nitrogen and oxygen atoms in total. The fourth-order valence-electron chi connectivity index (χ4n) is 0.886.